The average molecular weight is 547 g/mol. The highest BCUT2D eigenvalue weighted by Crippen LogP contribution is 2.46. The van der Waals surface area contributed by atoms with Crippen molar-refractivity contribution in [3.63, 3.8) is 0 Å². The maximum Gasteiger partial charge on any atom is 0.268 e. The molecule has 4 heterocycles. The van der Waals surface area contributed by atoms with E-state index in [0.29, 0.717) is 33.0 Å². The summed E-state index contributed by atoms with van der Waals surface area (Å²) in [5.41, 5.74) is 1.48. The minimum absolute atomic E-state index is 0.0143. The largest absolute Gasteiger partial charge is 0.268 e. The molecule has 0 unspecified atom stereocenters. The highest BCUT2D eigenvalue weighted by atomic mass is 16.2. The number of rotatable bonds is 2. The quantitative estimate of drug-likeness (QED) is 0.170. The van der Waals surface area contributed by atoms with Gasteiger partial charge in [0.1, 0.15) is 0 Å². The molecule has 10 heteroatoms. The van der Waals surface area contributed by atoms with Crippen LogP contribution in [0.1, 0.15) is 41.4 Å². The number of hydrogen-bond donors (Lipinski definition) is 0. The van der Waals surface area contributed by atoms with Gasteiger partial charge in [0.25, 0.3) is 23.6 Å². The molecule has 0 spiro atoms. The molecular weight excluding hydrogens is 532 g/mol. The molecule has 0 N–H and O–H groups in total. The SMILES string of the molecule is O=C1c2ccc3c4ccc5c6c(ccc(c7ccc(c2c37)C(=O)N1c1ncccn1)c64)C(=O)N(c1ncccn1)C5=O. The lowest BCUT2D eigenvalue weighted by molar-refractivity contribution is 0.0875. The maximum absolute atomic E-state index is 13.7. The van der Waals surface area contributed by atoms with Gasteiger partial charge in [-0.3, -0.25) is 19.2 Å². The Labute approximate surface area is 235 Å². The zero-order valence-electron chi connectivity index (χ0n) is 21.4. The van der Waals surface area contributed by atoms with Crippen LogP contribution in [0.5, 0.6) is 0 Å². The summed E-state index contributed by atoms with van der Waals surface area (Å²) in [4.78, 5) is 73.2. The van der Waals surface area contributed by atoms with E-state index in [4.69, 9.17) is 0 Å². The third-order valence-electron chi connectivity index (χ3n) is 8.14. The number of carbonyl (C=O) groups is 4. The molecule has 0 fully saturated rings. The van der Waals surface area contributed by atoms with Gasteiger partial charge in [-0.25, -0.2) is 29.7 Å². The Balaban J connectivity index is 1.35. The summed E-state index contributed by atoms with van der Waals surface area (Å²) in [6.45, 7) is 0. The molecule has 0 saturated carbocycles. The van der Waals surface area contributed by atoms with Crippen molar-refractivity contribution < 1.29 is 19.2 Å². The zero-order valence-corrected chi connectivity index (χ0v) is 21.4. The van der Waals surface area contributed by atoms with Crippen LogP contribution in [0.3, 0.4) is 0 Å². The van der Waals surface area contributed by atoms with Gasteiger partial charge < -0.3 is 0 Å². The summed E-state index contributed by atoms with van der Waals surface area (Å²) in [5.74, 6) is -1.98. The third-order valence-corrected chi connectivity index (χ3v) is 8.14. The standard InChI is InChI=1S/C32H14N6O4/c39-27-19-7-3-15-17-5-9-21-26-22(30(42)38(29(21)41)32-35-13-2-14-36-32)10-6-18(24(17)26)16-4-8-20(25(19)23(15)16)28(40)37(27)31-33-11-1-12-34-31/h1-14H. The van der Waals surface area contributed by atoms with Crippen LogP contribution in [-0.4, -0.2) is 43.6 Å². The summed E-state index contributed by atoms with van der Waals surface area (Å²) >= 11 is 0. The molecule has 7 aromatic rings. The van der Waals surface area contributed by atoms with Crippen LogP contribution in [0.15, 0.2) is 85.5 Å². The second-order valence-electron chi connectivity index (χ2n) is 10.1. The van der Waals surface area contributed by atoms with Crippen molar-refractivity contribution in [2.45, 2.75) is 0 Å². The molecule has 5 aromatic carbocycles. The van der Waals surface area contributed by atoms with Crippen LogP contribution < -0.4 is 9.80 Å². The van der Waals surface area contributed by atoms with Gasteiger partial charge in [-0.1, -0.05) is 24.3 Å². The van der Waals surface area contributed by atoms with Gasteiger partial charge in [-0.15, -0.1) is 0 Å². The fourth-order valence-corrected chi connectivity index (χ4v) is 6.44. The van der Waals surface area contributed by atoms with Crippen molar-refractivity contribution in [1.29, 1.82) is 0 Å². The van der Waals surface area contributed by atoms with Crippen LogP contribution in [0.25, 0.3) is 43.1 Å². The first-order valence-electron chi connectivity index (χ1n) is 13.1. The summed E-state index contributed by atoms with van der Waals surface area (Å²) in [5, 5.41) is 5.88. The Bertz CT molecular complexity index is 2100. The minimum Gasteiger partial charge on any atom is -0.268 e. The van der Waals surface area contributed by atoms with Crippen molar-refractivity contribution in [2.24, 2.45) is 0 Å². The van der Waals surface area contributed by atoms with Crippen molar-refractivity contribution in [3.8, 4) is 0 Å². The van der Waals surface area contributed by atoms with E-state index in [-0.39, 0.29) is 11.9 Å². The monoisotopic (exact) mass is 546 g/mol. The maximum atomic E-state index is 13.7. The van der Waals surface area contributed by atoms with Crippen LogP contribution in [-0.2, 0) is 0 Å². The van der Waals surface area contributed by atoms with Gasteiger partial charge in [-0.2, -0.15) is 0 Å². The molecule has 0 aliphatic carbocycles. The van der Waals surface area contributed by atoms with Gasteiger partial charge in [0, 0.05) is 57.8 Å². The molecule has 0 saturated heterocycles. The molecule has 0 bridgehead atoms. The molecule has 10 nitrogen and oxygen atoms in total. The smallest absolute Gasteiger partial charge is 0.268 e. The Kier molecular flexibility index (Phi) is 4.17. The summed E-state index contributed by atoms with van der Waals surface area (Å²) in [6.07, 6.45) is 5.92. The third kappa shape index (κ3) is 2.63. The van der Waals surface area contributed by atoms with E-state index in [9.17, 15) is 19.2 Å². The van der Waals surface area contributed by atoms with Gasteiger partial charge in [-0.05, 0) is 68.7 Å². The number of fused-ring (bicyclic) bond motifs is 2. The van der Waals surface area contributed by atoms with E-state index in [1.54, 1.807) is 36.4 Å². The van der Waals surface area contributed by atoms with E-state index in [1.807, 2.05) is 24.3 Å². The highest BCUT2D eigenvalue weighted by Gasteiger charge is 2.39. The van der Waals surface area contributed by atoms with Gasteiger partial charge in [0.15, 0.2) is 0 Å². The number of hydrogen-bond acceptors (Lipinski definition) is 8. The Hall–Kier alpha value is -6.16. The first kappa shape index (κ1) is 22.6. The van der Waals surface area contributed by atoms with Crippen LogP contribution in [0.2, 0.25) is 0 Å². The van der Waals surface area contributed by atoms with Crippen LogP contribution in [0, 0.1) is 0 Å². The van der Waals surface area contributed by atoms with E-state index < -0.39 is 23.6 Å². The average Bonchev–Trinajstić information content (AvgIpc) is 3.03. The summed E-state index contributed by atoms with van der Waals surface area (Å²) in [6, 6.07) is 17.5. The Morgan fingerprint density at radius 2 is 0.667 bits per heavy atom. The van der Waals surface area contributed by atoms with Crippen molar-refractivity contribution in [3.05, 3.63) is 108 Å². The lowest BCUT2D eigenvalue weighted by Crippen LogP contribution is -2.41. The number of benzene rings is 5. The number of anilines is 2. The molecule has 42 heavy (non-hydrogen) atoms. The van der Waals surface area contributed by atoms with E-state index in [0.717, 1.165) is 42.1 Å². The van der Waals surface area contributed by atoms with Gasteiger partial charge in [0.2, 0.25) is 11.9 Å². The normalized spacial score (nSPS) is 14.8. The molecule has 9 rings (SSSR count). The van der Waals surface area contributed by atoms with Crippen LogP contribution >= 0.6 is 0 Å². The molecule has 196 valence electrons. The Morgan fingerprint density at radius 3 is 0.952 bits per heavy atom. The highest BCUT2D eigenvalue weighted by molar-refractivity contribution is 6.45. The molecule has 2 aliphatic heterocycles. The first-order chi connectivity index (χ1) is 20.5. The predicted molar refractivity (Wildman–Crippen MR) is 154 cm³/mol. The predicted octanol–water partition coefficient (Wildman–Crippen LogP) is 4.92. The summed E-state index contributed by atoms with van der Waals surface area (Å²) in [7, 11) is 0. The van der Waals surface area contributed by atoms with E-state index in [1.165, 1.54) is 24.8 Å². The number of amides is 4. The lowest BCUT2D eigenvalue weighted by atomic mass is 9.82. The summed E-state index contributed by atoms with van der Waals surface area (Å²) < 4.78 is 0. The molecule has 2 aliphatic rings. The first-order valence-corrected chi connectivity index (χ1v) is 13.1. The molecule has 0 atom stereocenters. The number of aromatic nitrogens is 4. The van der Waals surface area contributed by atoms with Gasteiger partial charge in [0.05, 0.1) is 0 Å². The minimum atomic E-state index is -0.502. The topological polar surface area (TPSA) is 126 Å². The second kappa shape index (κ2) is 7.73. The Morgan fingerprint density at radius 1 is 0.381 bits per heavy atom. The van der Waals surface area contributed by atoms with Crippen molar-refractivity contribution in [1.82, 2.24) is 19.9 Å². The molecule has 2 aromatic heterocycles. The number of carbonyl (C=O) groups excluding carboxylic acids is 4. The molecule has 4 amide bonds. The zero-order chi connectivity index (χ0) is 28.3. The lowest BCUT2D eigenvalue weighted by Gasteiger charge is -2.28. The fraction of sp³-hybridized carbons (Fsp3) is 0. The molecular formula is C32H14N6O4. The van der Waals surface area contributed by atoms with Gasteiger partial charge >= 0.3 is 0 Å². The second-order valence-corrected chi connectivity index (χ2v) is 10.1. The van der Waals surface area contributed by atoms with E-state index in [2.05, 4.69) is 19.9 Å². The molecule has 0 radical (unpaired) electrons. The van der Waals surface area contributed by atoms with Crippen LogP contribution in [0.4, 0.5) is 11.9 Å². The van der Waals surface area contributed by atoms with Crippen molar-refractivity contribution in [2.75, 3.05) is 9.80 Å². The van der Waals surface area contributed by atoms with E-state index >= 15 is 0 Å². The van der Waals surface area contributed by atoms with Crippen molar-refractivity contribution >= 4 is 78.6 Å². The fourth-order valence-electron chi connectivity index (χ4n) is 6.44. The number of nitrogens with zero attached hydrogens (tertiary/aromatic N) is 6. The number of imide groups is 2.